The van der Waals surface area contributed by atoms with Crippen LogP contribution in [0.15, 0.2) is 70.5 Å². The molecule has 5 nitrogen and oxygen atoms in total. The van der Waals surface area contributed by atoms with Crippen LogP contribution < -0.4 is 4.72 Å². The molecule has 3 aromatic rings. The highest BCUT2D eigenvalue weighted by Gasteiger charge is 2.21. The van der Waals surface area contributed by atoms with Gasteiger partial charge in [-0.05, 0) is 54.5 Å². The van der Waals surface area contributed by atoms with Gasteiger partial charge in [0, 0.05) is 11.0 Å². The Balaban J connectivity index is 1.99. The minimum absolute atomic E-state index is 0.0413. The molecule has 0 radical (unpaired) electrons. The number of sulfonamides is 1. The van der Waals surface area contributed by atoms with Crippen molar-refractivity contribution in [3.05, 3.63) is 66.4 Å². The van der Waals surface area contributed by atoms with Gasteiger partial charge < -0.3 is 0 Å². The first kappa shape index (κ1) is 20.5. The summed E-state index contributed by atoms with van der Waals surface area (Å²) in [5.74, 6) is 0.430. The fourth-order valence-electron chi connectivity index (χ4n) is 2.85. The number of aromatic nitrogens is 2. The lowest BCUT2D eigenvalue weighted by Gasteiger charge is -2.15. The van der Waals surface area contributed by atoms with E-state index in [4.69, 9.17) is 0 Å². The predicted molar refractivity (Wildman–Crippen MR) is 116 cm³/mol. The number of hydrogen-bond donors (Lipinski definition) is 1. The van der Waals surface area contributed by atoms with Gasteiger partial charge in [0.15, 0.2) is 0 Å². The molecule has 148 valence electrons. The van der Waals surface area contributed by atoms with Gasteiger partial charge >= 0.3 is 0 Å². The van der Waals surface area contributed by atoms with Gasteiger partial charge in [-0.3, -0.25) is 4.72 Å². The van der Waals surface area contributed by atoms with Crippen LogP contribution >= 0.6 is 11.8 Å². The van der Waals surface area contributed by atoms with Gasteiger partial charge in [-0.2, -0.15) is 5.10 Å². The second-order valence-corrected chi connectivity index (χ2v) is 10.3. The highest BCUT2D eigenvalue weighted by atomic mass is 32.2. The zero-order chi connectivity index (χ0) is 20.4. The molecule has 0 aliphatic carbocycles. The number of anilines is 1. The third-order valence-corrected chi connectivity index (χ3v) is 6.20. The van der Waals surface area contributed by atoms with Gasteiger partial charge in [0.1, 0.15) is 5.82 Å². The van der Waals surface area contributed by atoms with Crippen LogP contribution in [0, 0.1) is 5.41 Å². The number of nitrogens with one attached hydrogen (secondary N) is 1. The third-order valence-electron chi connectivity index (χ3n) is 4.08. The monoisotopic (exact) mass is 415 g/mol. The first-order valence-corrected chi connectivity index (χ1v) is 11.7. The minimum Gasteiger partial charge on any atom is -0.263 e. The Morgan fingerprint density at radius 1 is 1.04 bits per heavy atom. The fraction of sp³-hybridized carbons (Fsp3) is 0.286. The Bertz CT molecular complexity index is 1040. The maximum atomic E-state index is 12.9. The van der Waals surface area contributed by atoms with Crippen LogP contribution in [0.1, 0.15) is 26.5 Å². The molecule has 0 bridgehead atoms. The number of nitrogens with zero attached hydrogens (tertiary/aromatic N) is 2. The number of hydrogen-bond acceptors (Lipinski definition) is 4. The molecule has 0 unspecified atom stereocenters. The van der Waals surface area contributed by atoms with Gasteiger partial charge in [-0.15, -0.1) is 11.8 Å². The lowest BCUT2D eigenvalue weighted by atomic mass is 9.91. The van der Waals surface area contributed by atoms with E-state index in [2.05, 4.69) is 30.6 Å². The SMILES string of the molecule is CSc1ccc(S(=O)(=O)Nc2cc(CC(C)(C)C)nn2-c2ccccc2)cc1. The summed E-state index contributed by atoms with van der Waals surface area (Å²) in [5.41, 5.74) is 1.68. The Hall–Kier alpha value is -2.25. The molecule has 0 aliphatic heterocycles. The molecule has 0 spiro atoms. The molecule has 0 fully saturated rings. The molecule has 1 heterocycles. The zero-order valence-electron chi connectivity index (χ0n) is 16.5. The maximum Gasteiger partial charge on any atom is 0.263 e. The summed E-state index contributed by atoms with van der Waals surface area (Å²) >= 11 is 1.57. The van der Waals surface area contributed by atoms with E-state index >= 15 is 0 Å². The van der Waals surface area contributed by atoms with Gasteiger partial charge in [0.2, 0.25) is 0 Å². The van der Waals surface area contributed by atoms with E-state index in [-0.39, 0.29) is 10.3 Å². The molecule has 1 aromatic heterocycles. The first-order chi connectivity index (χ1) is 13.2. The second kappa shape index (κ2) is 8.01. The molecule has 2 aromatic carbocycles. The van der Waals surface area contributed by atoms with Gasteiger partial charge in [-0.25, -0.2) is 13.1 Å². The molecule has 1 N–H and O–H groups in total. The van der Waals surface area contributed by atoms with E-state index in [9.17, 15) is 8.42 Å². The van der Waals surface area contributed by atoms with Crippen LogP contribution in [-0.2, 0) is 16.4 Å². The van der Waals surface area contributed by atoms with Crippen molar-refractivity contribution in [2.24, 2.45) is 5.41 Å². The highest BCUT2D eigenvalue weighted by molar-refractivity contribution is 7.98. The van der Waals surface area contributed by atoms with E-state index in [1.165, 1.54) is 0 Å². The van der Waals surface area contributed by atoms with E-state index in [1.807, 2.05) is 42.7 Å². The summed E-state index contributed by atoms with van der Waals surface area (Å²) < 4.78 is 30.2. The number of para-hydroxylation sites is 1. The molecule has 3 rings (SSSR count). The molecule has 0 saturated carbocycles. The van der Waals surface area contributed by atoms with Crippen LogP contribution in [0.4, 0.5) is 5.82 Å². The lowest BCUT2D eigenvalue weighted by molar-refractivity contribution is 0.405. The molecule has 0 aliphatic rings. The molecule has 7 heteroatoms. The summed E-state index contributed by atoms with van der Waals surface area (Å²) in [6, 6.07) is 18.2. The quantitative estimate of drug-likeness (QED) is 0.577. The molecule has 0 atom stereocenters. The first-order valence-electron chi connectivity index (χ1n) is 8.99. The van der Waals surface area contributed by atoms with Crippen molar-refractivity contribution in [2.75, 3.05) is 11.0 Å². The lowest BCUT2D eigenvalue weighted by Crippen LogP contribution is -2.15. The summed E-state index contributed by atoms with van der Waals surface area (Å²) in [6.07, 6.45) is 2.70. The maximum absolute atomic E-state index is 12.9. The van der Waals surface area contributed by atoms with Crippen LogP contribution in [0.5, 0.6) is 0 Å². The predicted octanol–water partition coefficient (Wildman–Crippen LogP) is 4.98. The Kier molecular flexibility index (Phi) is 5.86. The largest absolute Gasteiger partial charge is 0.263 e. The third kappa shape index (κ3) is 4.97. The number of benzene rings is 2. The molecular weight excluding hydrogens is 390 g/mol. The van der Waals surface area contributed by atoms with E-state index in [0.29, 0.717) is 5.82 Å². The van der Waals surface area contributed by atoms with Crippen molar-refractivity contribution in [2.45, 2.75) is 37.0 Å². The molecule has 0 amide bonds. The zero-order valence-corrected chi connectivity index (χ0v) is 18.1. The van der Waals surface area contributed by atoms with Gasteiger partial charge in [0.05, 0.1) is 16.3 Å². The van der Waals surface area contributed by atoms with Gasteiger partial charge in [-0.1, -0.05) is 39.0 Å². The highest BCUT2D eigenvalue weighted by Crippen LogP contribution is 2.26. The Labute approximate surface area is 171 Å². The summed E-state index contributed by atoms with van der Waals surface area (Å²) in [5, 5.41) is 4.66. The summed E-state index contributed by atoms with van der Waals surface area (Å²) in [4.78, 5) is 1.24. The second-order valence-electron chi connectivity index (χ2n) is 7.79. The minimum atomic E-state index is -3.72. The summed E-state index contributed by atoms with van der Waals surface area (Å²) in [6.45, 7) is 6.39. The average molecular weight is 416 g/mol. The van der Waals surface area contributed by atoms with Crippen LogP contribution in [0.2, 0.25) is 0 Å². The van der Waals surface area contributed by atoms with Crippen molar-refractivity contribution in [3.63, 3.8) is 0 Å². The number of thioether (sulfide) groups is 1. The summed E-state index contributed by atoms with van der Waals surface area (Å²) in [7, 11) is -3.72. The van der Waals surface area contributed by atoms with Crippen LogP contribution in [0.3, 0.4) is 0 Å². The van der Waals surface area contributed by atoms with Crippen LogP contribution in [-0.4, -0.2) is 24.5 Å². The van der Waals surface area contributed by atoms with Crippen molar-refractivity contribution in [3.8, 4) is 5.69 Å². The smallest absolute Gasteiger partial charge is 0.263 e. The standard InChI is InChI=1S/C21H25N3O2S2/c1-21(2,3)15-16-14-20(24(22-16)17-8-6-5-7-9-17)23-28(25,26)19-12-10-18(27-4)11-13-19/h5-14,23H,15H2,1-4H3. The van der Waals surface area contributed by atoms with Crippen molar-refractivity contribution < 1.29 is 8.42 Å². The van der Waals surface area contributed by atoms with Crippen LogP contribution in [0.25, 0.3) is 5.69 Å². The fourth-order valence-corrected chi connectivity index (χ4v) is 4.29. The van der Waals surface area contributed by atoms with Crippen molar-refractivity contribution in [1.29, 1.82) is 0 Å². The Morgan fingerprint density at radius 2 is 1.68 bits per heavy atom. The van der Waals surface area contributed by atoms with Crippen molar-refractivity contribution in [1.82, 2.24) is 9.78 Å². The molecule has 28 heavy (non-hydrogen) atoms. The van der Waals surface area contributed by atoms with E-state index in [0.717, 1.165) is 22.7 Å². The molecular formula is C21H25N3O2S2. The van der Waals surface area contributed by atoms with Gasteiger partial charge in [0.25, 0.3) is 10.0 Å². The Morgan fingerprint density at radius 3 is 2.25 bits per heavy atom. The normalized spacial score (nSPS) is 12.1. The topological polar surface area (TPSA) is 64.0 Å². The van der Waals surface area contributed by atoms with Crippen molar-refractivity contribution >= 4 is 27.6 Å². The molecule has 0 saturated heterocycles. The van der Waals surface area contributed by atoms with E-state index < -0.39 is 10.0 Å². The van der Waals surface area contributed by atoms with E-state index in [1.54, 1.807) is 40.7 Å². The number of rotatable bonds is 6. The average Bonchev–Trinajstić information content (AvgIpc) is 3.02.